The molecule has 2 aliphatic heterocycles. The van der Waals surface area contributed by atoms with Gasteiger partial charge in [-0.2, -0.15) is 23.5 Å². The van der Waals surface area contributed by atoms with E-state index in [0.717, 1.165) is 59.5 Å². The molecule has 0 bridgehead atoms. The zero-order valence-corrected chi connectivity index (χ0v) is 28.7. The van der Waals surface area contributed by atoms with E-state index in [1.807, 2.05) is 0 Å². The van der Waals surface area contributed by atoms with Crippen LogP contribution in [-0.4, -0.2) is 102 Å². The summed E-state index contributed by atoms with van der Waals surface area (Å²) < 4.78 is 0. The Balaban J connectivity index is 1.49. The third kappa shape index (κ3) is 11.0. The van der Waals surface area contributed by atoms with E-state index in [0.29, 0.717) is 0 Å². The average Bonchev–Trinajstić information content (AvgIpc) is 3.25. The Morgan fingerprint density at radius 1 is 0.622 bits per heavy atom. The number of hydrogen-bond acceptors (Lipinski definition) is 6. The van der Waals surface area contributed by atoms with Gasteiger partial charge in [-0.1, -0.05) is 52.1 Å². The van der Waals surface area contributed by atoms with Crippen LogP contribution in [0.2, 0.25) is 0 Å². The van der Waals surface area contributed by atoms with Crippen molar-refractivity contribution in [2.45, 2.75) is 73.6 Å². The minimum atomic E-state index is 0.224. The zero-order valence-electron chi connectivity index (χ0n) is 23.8. The van der Waals surface area contributed by atoms with E-state index in [2.05, 4.69) is 84.7 Å². The maximum absolute atomic E-state index is 5.64. The van der Waals surface area contributed by atoms with Crippen LogP contribution in [-0.2, 0) is 0 Å². The average molecular weight is 621 g/mol. The van der Waals surface area contributed by atoms with Gasteiger partial charge in [0.15, 0.2) is 10.2 Å². The summed E-state index contributed by atoms with van der Waals surface area (Å²) in [4.78, 5) is 10.7. The molecular formula is C27H48N4S6. The number of nitrogens with zero attached hydrogens (tertiary/aromatic N) is 4. The molecule has 0 amide bonds. The summed E-state index contributed by atoms with van der Waals surface area (Å²) >= 11 is 26.7. The Hall–Kier alpha value is 0.260. The predicted octanol–water partition coefficient (Wildman–Crippen LogP) is 6.96. The van der Waals surface area contributed by atoms with Crippen molar-refractivity contribution in [3.63, 3.8) is 0 Å². The molecule has 2 rings (SSSR count). The fraction of sp³-hybridized carbons (Fsp3) is 0.852. The maximum atomic E-state index is 5.64. The minimum Gasteiger partial charge on any atom is -0.342 e. The second-order valence-electron chi connectivity index (χ2n) is 11.7. The maximum Gasteiger partial charge on any atom is 0.176 e. The quantitative estimate of drug-likeness (QED) is 0.117. The SMILES string of the molecule is CCN1CC(=S)N(CC(C)(C)CCCSCCCSCCCC(C)(C)CN2C(=S)CN(CC)C2=S)C1=S. The molecule has 0 radical (unpaired) electrons. The molecule has 0 aromatic carbocycles. The highest BCUT2D eigenvalue weighted by molar-refractivity contribution is 8.00. The van der Waals surface area contributed by atoms with Crippen LogP contribution >= 0.6 is 72.4 Å². The standard InChI is InChI=1S/C27H48N4S6/c1-7-28-18-22(32)30(24(28)34)20-26(3,4)12-9-14-36-16-11-17-37-15-10-13-27(5,6)21-31-23(33)19-29(8-2)25(31)35/h7-21H2,1-6H3. The van der Waals surface area contributed by atoms with Crippen LogP contribution in [0.3, 0.4) is 0 Å². The number of likely N-dealkylation sites (N-methyl/N-ethyl adjacent to an activating group) is 2. The van der Waals surface area contributed by atoms with Gasteiger partial charge in [0.05, 0.1) is 13.1 Å². The van der Waals surface area contributed by atoms with E-state index in [9.17, 15) is 0 Å². The van der Waals surface area contributed by atoms with Gasteiger partial charge >= 0.3 is 0 Å². The zero-order chi connectivity index (χ0) is 27.6. The molecule has 2 saturated heterocycles. The smallest absolute Gasteiger partial charge is 0.176 e. The molecule has 10 heteroatoms. The number of hydrogen-bond donors (Lipinski definition) is 0. The van der Waals surface area contributed by atoms with Crippen molar-refractivity contribution in [3.8, 4) is 0 Å². The predicted molar refractivity (Wildman–Crippen MR) is 184 cm³/mol. The van der Waals surface area contributed by atoms with Crippen LogP contribution in [0.4, 0.5) is 0 Å². The van der Waals surface area contributed by atoms with Gasteiger partial charge in [0.1, 0.15) is 9.98 Å². The van der Waals surface area contributed by atoms with Crippen LogP contribution in [0.15, 0.2) is 0 Å². The monoisotopic (exact) mass is 620 g/mol. The molecular weight excluding hydrogens is 573 g/mol. The van der Waals surface area contributed by atoms with E-state index >= 15 is 0 Å². The van der Waals surface area contributed by atoms with Gasteiger partial charge in [-0.3, -0.25) is 0 Å². The molecule has 4 nitrogen and oxygen atoms in total. The molecule has 212 valence electrons. The van der Waals surface area contributed by atoms with Gasteiger partial charge in [-0.25, -0.2) is 0 Å². The summed E-state index contributed by atoms with van der Waals surface area (Å²) in [6.45, 7) is 19.1. The summed E-state index contributed by atoms with van der Waals surface area (Å²) in [6.07, 6.45) is 6.23. The lowest BCUT2D eigenvalue weighted by Crippen LogP contribution is -2.39. The topological polar surface area (TPSA) is 13.0 Å². The van der Waals surface area contributed by atoms with Crippen molar-refractivity contribution in [1.29, 1.82) is 0 Å². The first-order chi connectivity index (χ1) is 17.4. The third-order valence-electron chi connectivity index (χ3n) is 7.05. The van der Waals surface area contributed by atoms with E-state index in [-0.39, 0.29) is 10.8 Å². The van der Waals surface area contributed by atoms with Gasteiger partial charge in [0.2, 0.25) is 0 Å². The van der Waals surface area contributed by atoms with Gasteiger partial charge in [0, 0.05) is 26.2 Å². The summed E-state index contributed by atoms with van der Waals surface area (Å²) in [5.41, 5.74) is 0.449. The van der Waals surface area contributed by atoms with E-state index in [4.69, 9.17) is 48.9 Å². The minimum absolute atomic E-state index is 0.224. The number of thioether (sulfide) groups is 2. The van der Waals surface area contributed by atoms with Crippen LogP contribution in [0, 0.1) is 10.8 Å². The van der Waals surface area contributed by atoms with Crippen molar-refractivity contribution in [1.82, 2.24) is 19.6 Å². The van der Waals surface area contributed by atoms with Crippen LogP contribution in [0.5, 0.6) is 0 Å². The molecule has 0 aliphatic carbocycles. The number of thiocarbonyl (C=S) groups is 4. The molecule has 0 saturated carbocycles. The van der Waals surface area contributed by atoms with Crippen LogP contribution in [0.25, 0.3) is 0 Å². The lowest BCUT2D eigenvalue weighted by molar-refractivity contribution is 0.283. The van der Waals surface area contributed by atoms with E-state index in [1.165, 1.54) is 55.1 Å². The molecule has 2 heterocycles. The first-order valence-electron chi connectivity index (χ1n) is 13.7. The molecule has 0 unspecified atom stereocenters. The Morgan fingerprint density at radius 2 is 0.973 bits per heavy atom. The lowest BCUT2D eigenvalue weighted by atomic mass is 9.87. The molecule has 0 atom stereocenters. The second-order valence-corrected chi connectivity index (χ2v) is 15.8. The fourth-order valence-electron chi connectivity index (χ4n) is 4.78. The number of rotatable bonds is 18. The fourth-order valence-corrected chi connectivity index (χ4v) is 8.23. The largest absolute Gasteiger partial charge is 0.342 e. The Bertz CT molecular complexity index is 736. The van der Waals surface area contributed by atoms with Gasteiger partial charge in [0.25, 0.3) is 0 Å². The highest BCUT2D eigenvalue weighted by atomic mass is 32.2. The molecule has 2 fully saturated rings. The summed E-state index contributed by atoms with van der Waals surface area (Å²) in [7, 11) is 0. The van der Waals surface area contributed by atoms with E-state index < -0.39 is 0 Å². The van der Waals surface area contributed by atoms with Crippen molar-refractivity contribution in [2.24, 2.45) is 10.8 Å². The van der Waals surface area contributed by atoms with Crippen molar-refractivity contribution in [2.75, 3.05) is 62.3 Å². The van der Waals surface area contributed by atoms with Crippen molar-refractivity contribution >= 4 is 92.6 Å². The Kier molecular flexibility index (Phi) is 14.4. The van der Waals surface area contributed by atoms with Crippen molar-refractivity contribution < 1.29 is 0 Å². The Morgan fingerprint density at radius 3 is 1.30 bits per heavy atom. The van der Waals surface area contributed by atoms with Crippen LogP contribution in [0.1, 0.15) is 73.6 Å². The lowest BCUT2D eigenvalue weighted by Gasteiger charge is -2.31. The molecule has 2 aliphatic rings. The normalized spacial score (nSPS) is 17.2. The Labute approximate surface area is 257 Å². The first-order valence-corrected chi connectivity index (χ1v) is 17.7. The molecule has 0 aromatic rings. The third-order valence-corrected chi connectivity index (χ3v) is 11.0. The van der Waals surface area contributed by atoms with Crippen LogP contribution < -0.4 is 0 Å². The molecule has 0 spiro atoms. The molecule has 0 N–H and O–H groups in total. The van der Waals surface area contributed by atoms with Crippen molar-refractivity contribution in [3.05, 3.63) is 0 Å². The highest BCUT2D eigenvalue weighted by Crippen LogP contribution is 2.29. The molecule has 0 aromatic heterocycles. The summed E-state index contributed by atoms with van der Waals surface area (Å²) in [5.74, 6) is 5.02. The van der Waals surface area contributed by atoms with Gasteiger partial charge < -0.3 is 19.6 Å². The second kappa shape index (κ2) is 15.9. The summed E-state index contributed by atoms with van der Waals surface area (Å²) in [5, 5.41) is 1.83. The first kappa shape index (κ1) is 33.5. The molecule has 37 heavy (non-hydrogen) atoms. The van der Waals surface area contributed by atoms with E-state index in [1.54, 1.807) is 0 Å². The van der Waals surface area contributed by atoms with Gasteiger partial charge in [-0.05, 0) is 104 Å². The summed E-state index contributed by atoms with van der Waals surface area (Å²) in [6, 6.07) is 0. The highest BCUT2D eigenvalue weighted by Gasteiger charge is 2.34. The van der Waals surface area contributed by atoms with Gasteiger partial charge in [-0.15, -0.1) is 0 Å².